The fourth-order valence-electron chi connectivity index (χ4n) is 1.96. The van der Waals surface area contributed by atoms with Gasteiger partial charge >= 0.3 is 0 Å². The average Bonchev–Trinajstić information content (AvgIpc) is 2.50. The van der Waals surface area contributed by atoms with Crippen molar-refractivity contribution in [1.82, 2.24) is 9.38 Å². The lowest BCUT2D eigenvalue weighted by atomic mass is 10.2. The number of fused-ring (bicyclic) bond motifs is 1. The number of hydrogen-bond donors (Lipinski definition) is 1. The third kappa shape index (κ3) is 2.44. The highest BCUT2D eigenvalue weighted by atomic mass is 19.1. The Bertz CT molecular complexity index is 937. The first-order valence-electron chi connectivity index (χ1n) is 6.29. The van der Waals surface area contributed by atoms with Crippen LogP contribution in [-0.4, -0.2) is 15.3 Å². The van der Waals surface area contributed by atoms with Crippen molar-refractivity contribution in [2.75, 3.05) is 5.32 Å². The molecule has 5 nitrogen and oxygen atoms in total. The van der Waals surface area contributed by atoms with Gasteiger partial charge in [-0.3, -0.25) is 14.0 Å². The van der Waals surface area contributed by atoms with E-state index in [1.807, 2.05) is 0 Å². The first-order chi connectivity index (χ1) is 10.6. The van der Waals surface area contributed by atoms with Gasteiger partial charge in [0.1, 0.15) is 22.8 Å². The van der Waals surface area contributed by atoms with Crippen LogP contribution in [0, 0.1) is 11.6 Å². The van der Waals surface area contributed by atoms with Crippen molar-refractivity contribution in [2.24, 2.45) is 0 Å². The molecule has 0 saturated carbocycles. The summed E-state index contributed by atoms with van der Waals surface area (Å²) in [6, 6.07) is 7.66. The molecule has 2 aromatic heterocycles. The van der Waals surface area contributed by atoms with Gasteiger partial charge in [-0.25, -0.2) is 13.8 Å². The smallest absolute Gasteiger partial charge is 0.270 e. The number of halogens is 2. The Morgan fingerprint density at radius 3 is 2.77 bits per heavy atom. The van der Waals surface area contributed by atoms with Crippen molar-refractivity contribution < 1.29 is 13.6 Å². The minimum atomic E-state index is -0.929. The highest BCUT2D eigenvalue weighted by molar-refractivity contribution is 6.03. The van der Waals surface area contributed by atoms with Crippen molar-refractivity contribution in [3.63, 3.8) is 0 Å². The summed E-state index contributed by atoms with van der Waals surface area (Å²) in [5, 5.41) is 2.23. The van der Waals surface area contributed by atoms with Crippen LogP contribution in [0.25, 0.3) is 5.65 Å². The predicted octanol–water partition coefficient (Wildman–Crippen LogP) is 2.22. The first kappa shape index (κ1) is 13.9. The van der Waals surface area contributed by atoms with Crippen LogP contribution in [0.15, 0.2) is 53.6 Å². The lowest BCUT2D eigenvalue weighted by Gasteiger charge is -2.07. The van der Waals surface area contributed by atoms with Crippen molar-refractivity contribution in [3.05, 3.63) is 76.3 Å². The summed E-state index contributed by atoms with van der Waals surface area (Å²) in [4.78, 5) is 28.3. The number of nitrogens with zero attached hydrogens (tertiary/aromatic N) is 2. The zero-order chi connectivity index (χ0) is 15.7. The molecular formula is C15H9F2N3O2. The third-order valence-corrected chi connectivity index (χ3v) is 3.04. The normalized spacial score (nSPS) is 10.6. The van der Waals surface area contributed by atoms with E-state index in [1.54, 1.807) is 18.2 Å². The molecule has 2 heterocycles. The van der Waals surface area contributed by atoms with Gasteiger partial charge in [-0.15, -0.1) is 0 Å². The number of nitrogens with one attached hydrogen (secondary N) is 1. The Hall–Kier alpha value is -3.09. The Morgan fingerprint density at radius 2 is 2.00 bits per heavy atom. The molecule has 0 radical (unpaired) electrons. The number of amides is 1. The third-order valence-electron chi connectivity index (χ3n) is 3.04. The van der Waals surface area contributed by atoms with Gasteiger partial charge in [0, 0.05) is 18.5 Å². The summed E-state index contributed by atoms with van der Waals surface area (Å²) in [5.41, 5.74) is -0.654. The van der Waals surface area contributed by atoms with Crippen molar-refractivity contribution >= 4 is 17.2 Å². The largest absolute Gasteiger partial charge is 0.319 e. The maximum absolute atomic E-state index is 13.5. The molecule has 0 unspecified atom stereocenters. The molecule has 0 spiro atoms. The lowest BCUT2D eigenvalue weighted by molar-refractivity contribution is 0.102. The molecule has 110 valence electrons. The summed E-state index contributed by atoms with van der Waals surface area (Å²) >= 11 is 0. The highest BCUT2D eigenvalue weighted by Crippen LogP contribution is 2.15. The van der Waals surface area contributed by atoms with Gasteiger partial charge in [-0.1, -0.05) is 6.07 Å². The molecule has 0 saturated heterocycles. The molecule has 3 aromatic rings. The van der Waals surface area contributed by atoms with Crippen LogP contribution < -0.4 is 10.9 Å². The highest BCUT2D eigenvalue weighted by Gasteiger charge is 2.15. The van der Waals surface area contributed by atoms with Gasteiger partial charge < -0.3 is 5.32 Å². The van der Waals surface area contributed by atoms with E-state index >= 15 is 0 Å². The zero-order valence-electron chi connectivity index (χ0n) is 11.1. The molecule has 0 bridgehead atoms. The Kier molecular flexibility index (Phi) is 3.38. The molecule has 0 atom stereocenters. The van der Waals surface area contributed by atoms with E-state index < -0.39 is 23.1 Å². The van der Waals surface area contributed by atoms with Gasteiger partial charge in [0.05, 0.1) is 5.69 Å². The second kappa shape index (κ2) is 5.36. The molecule has 1 amide bonds. The standard InChI is InChI=1S/C15H9F2N3O2/c16-9-4-5-12(11(17)7-9)19-14(21)10-8-18-13-3-1-2-6-20(13)15(10)22/h1-8H,(H,19,21). The van der Waals surface area contributed by atoms with E-state index in [9.17, 15) is 18.4 Å². The zero-order valence-corrected chi connectivity index (χ0v) is 11.1. The van der Waals surface area contributed by atoms with Gasteiger partial charge in [0.15, 0.2) is 0 Å². The van der Waals surface area contributed by atoms with E-state index in [4.69, 9.17) is 0 Å². The van der Waals surface area contributed by atoms with Crippen molar-refractivity contribution in [3.8, 4) is 0 Å². The van der Waals surface area contributed by atoms with Crippen molar-refractivity contribution in [1.29, 1.82) is 0 Å². The minimum Gasteiger partial charge on any atom is -0.319 e. The Balaban J connectivity index is 1.99. The summed E-state index contributed by atoms with van der Waals surface area (Å²) in [6.07, 6.45) is 2.59. The van der Waals surface area contributed by atoms with Crippen LogP contribution >= 0.6 is 0 Å². The van der Waals surface area contributed by atoms with E-state index in [2.05, 4.69) is 10.3 Å². The predicted molar refractivity (Wildman–Crippen MR) is 75.8 cm³/mol. The molecule has 0 fully saturated rings. The summed E-state index contributed by atoms with van der Waals surface area (Å²) in [7, 11) is 0. The van der Waals surface area contributed by atoms with Crippen LogP contribution in [0.2, 0.25) is 0 Å². The molecule has 0 aliphatic heterocycles. The van der Waals surface area contributed by atoms with E-state index in [1.165, 1.54) is 10.6 Å². The number of rotatable bonds is 2. The second-order valence-electron chi connectivity index (χ2n) is 4.48. The van der Waals surface area contributed by atoms with Gasteiger partial charge in [-0.2, -0.15) is 0 Å². The van der Waals surface area contributed by atoms with E-state index in [0.717, 1.165) is 18.3 Å². The summed E-state index contributed by atoms with van der Waals surface area (Å²) in [5.74, 6) is -2.51. The molecule has 3 rings (SSSR count). The maximum atomic E-state index is 13.5. The number of pyridine rings is 1. The summed E-state index contributed by atoms with van der Waals surface area (Å²) in [6.45, 7) is 0. The van der Waals surface area contributed by atoms with E-state index in [-0.39, 0.29) is 11.3 Å². The molecule has 0 aliphatic carbocycles. The van der Waals surface area contributed by atoms with Crippen LogP contribution in [0.1, 0.15) is 10.4 Å². The molecule has 7 heteroatoms. The van der Waals surface area contributed by atoms with Crippen LogP contribution in [0.4, 0.5) is 14.5 Å². The van der Waals surface area contributed by atoms with Crippen LogP contribution in [0.3, 0.4) is 0 Å². The van der Waals surface area contributed by atoms with Crippen LogP contribution in [-0.2, 0) is 0 Å². The van der Waals surface area contributed by atoms with Gasteiger partial charge in [-0.05, 0) is 24.3 Å². The molecule has 1 aromatic carbocycles. The number of anilines is 1. The molecule has 22 heavy (non-hydrogen) atoms. The Labute approximate surface area is 122 Å². The molecular weight excluding hydrogens is 292 g/mol. The SMILES string of the molecule is O=C(Nc1ccc(F)cc1F)c1cnc2ccccn2c1=O. The number of aromatic nitrogens is 2. The number of carbonyl (C=O) groups excluding carboxylic acids is 1. The second-order valence-corrected chi connectivity index (χ2v) is 4.48. The molecule has 0 aliphatic rings. The van der Waals surface area contributed by atoms with E-state index in [0.29, 0.717) is 11.7 Å². The monoisotopic (exact) mass is 301 g/mol. The van der Waals surface area contributed by atoms with Gasteiger partial charge in [0.2, 0.25) is 0 Å². The Morgan fingerprint density at radius 1 is 1.18 bits per heavy atom. The fourth-order valence-corrected chi connectivity index (χ4v) is 1.96. The summed E-state index contributed by atoms with van der Waals surface area (Å²) < 4.78 is 27.6. The number of benzene rings is 1. The molecule has 1 N–H and O–H groups in total. The lowest BCUT2D eigenvalue weighted by Crippen LogP contribution is -2.26. The minimum absolute atomic E-state index is 0.219. The van der Waals surface area contributed by atoms with Crippen molar-refractivity contribution in [2.45, 2.75) is 0 Å². The van der Waals surface area contributed by atoms with Gasteiger partial charge in [0.25, 0.3) is 11.5 Å². The first-order valence-corrected chi connectivity index (χ1v) is 6.29. The fraction of sp³-hybridized carbons (Fsp3) is 0. The maximum Gasteiger partial charge on any atom is 0.270 e. The quantitative estimate of drug-likeness (QED) is 0.789. The average molecular weight is 301 g/mol. The van der Waals surface area contributed by atoms with Crippen LogP contribution in [0.5, 0.6) is 0 Å². The topological polar surface area (TPSA) is 63.5 Å². The number of hydrogen-bond acceptors (Lipinski definition) is 3. The number of carbonyl (C=O) groups is 1.